The van der Waals surface area contributed by atoms with E-state index in [1.54, 1.807) is 13.1 Å². The molecular weight excluding hydrogens is 212 g/mol. The second-order valence-electron chi connectivity index (χ2n) is 4.76. The molecule has 0 saturated carbocycles. The van der Waals surface area contributed by atoms with Gasteiger partial charge in [-0.15, -0.1) is 0 Å². The van der Waals surface area contributed by atoms with Gasteiger partial charge in [0, 0.05) is 12.4 Å². The molecular formula is C14H20N2O. The molecule has 1 rings (SSSR count). The van der Waals surface area contributed by atoms with E-state index < -0.39 is 0 Å². The van der Waals surface area contributed by atoms with Gasteiger partial charge in [0.05, 0.1) is 5.56 Å². The molecule has 0 aliphatic heterocycles. The number of rotatable bonds is 4. The topological polar surface area (TPSA) is 42.3 Å². The quantitative estimate of drug-likeness (QED) is 0.588. The summed E-state index contributed by atoms with van der Waals surface area (Å²) in [5.41, 5.74) is 1.55. The second kappa shape index (κ2) is 5.71. The lowest BCUT2D eigenvalue weighted by molar-refractivity contribution is 0.101. The molecule has 1 aromatic heterocycles. The summed E-state index contributed by atoms with van der Waals surface area (Å²) in [7, 11) is 0. The van der Waals surface area contributed by atoms with Gasteiger partial charge in [-0.2, -0.15) is 0 Å². The van der Waals surface area contributed by atoms with E-state index in [1.807, 2.05) is 19.2 Å². The van der Waals surface area contributed by atoms with E-state index in [0.29, 0.717) is 23.2 Å². The Bertz CT molecular complexity index is 436. The molecule has 0 aliphatic rings. The maximum atomic E-state index is 11.6. The van der Waals surface area contributed by atoms with Crippen LogP contribution in [0.15, 0.2) is 17.3 Å². The van der Waals surface area contributed by atoms with Crippen LogP contribution in [0.2, 0.25) is 0 Å². The minimum Gasteiger partial charge on any atom is -0.294 e. The van der Waals surface area contributed by atoms with Crippen LogP contribution in [0.5, 0.6) is 0 Å². The van der Waals surface area contributed by atoms with Crippen LogP contribution >= 0.6 is 0 Å². The first-order chi connectivity index (χ1) is 7.93. The zero-order valence-corrected chi connectivity index (χ0v) is 11.2. The van der Waals surface area contributed by atoms with E-state index in [0.717, 1.165) is 5.56 Å². The van der Waals surface area contributed by atoms with Crippen molar-refractivity contribution >= 4 is 17.8 Å². The monoisotopic (exact) mass is 232 g/mol. The zero-order chi connectivity index (χ0) is 13.0. The molecule has 17 heavy (non-hydrogen) atoms. The summed E-state index contributed by atoms with van der Waals surface area (Å²) in [6.45, 7) is 9.86. The molecule has 0 N–H and O–H groups in total. The first-order valence-electron chi connectivity index (χ1n) is 5.94. The number of aliphatic imine (C=N–C) groups is 1. The molecule has 0 aromatic carbocycles. The number of hydrogen-bond acceptors (Lipinski definition) is 3. The maximum Gasteiger partial charge on any atom is 0.163 e. The SMILES string of the molecule is CC(=O)c1c(C)ccnc1N=CC(C)C(C)C. The van der Waals surface area contributed by atoms with Gasteiger partial charge in [-0.3, -0.25) is 4.79 Å². The van der Waals surface area contributed by atoms with Crippen molar-refractivity contribution < 1.29 is 4.79 Å². The van der Waals surface area contributed by atoms with Crippen molar-refractivity contribution in [3.8, 4) is 0 Å². The van der Waals surface area contributed by atoms with Crippen molar-refractivity contribution in [1.29, 1.82) is 0 Å². The Morgan fingerprint density at radius 3 is 2.59 bits per heavy atom. The van der Waals surface area contributed by atoms with Crippen molar-refractivity contribution in [2.24, 2.45) is 16.8 Å². The summed E-state index contributed by atoms with van der Waals surface area (Å²) in [6.07, 6.45) is 3.56. The van der Waals surface area contributed by atoms with E-state index >= 15 is 0 Å². The predicted molar refractivity (Wildman–Crippen MR) is 71.1 cm³/mol. The molecule has 0 fully saturated rings. The smallest absolute Gasteiger partial charge is 0.163 e. The molecule has 1 unspecified atom stereocenters. The minimum absolute atomic E-state index is 0.0138. The minimum atomic E-state index is 0.0138. The zero-order valence-electron chi connectivity index (χ0n) is 11.2. The third-order valence-electron chi connectivity index (χ3n) is 2.97. The largest absolute Gasteiger partial charge is 0.294 e. The summed E-state index contributed by atoms with van der Waals surface area (Å²) in [5, 5.41) is 0. The lowest BCUT2D eigenvalue weighted by Crippen LogP contribution is -2.05. The summed E-state index contributed by atoms with van der Waals surface area (Å²) < 4.78 is 0. The maximum absolute atomic E-state index is 11.6. The first-order valence-corrected chi connectivity index (χ1v) is 5.94. The fraction of sp³-hybridized carbons (Fsp3) is 0.500. The van der Waals surface area contributed by atoms with Gasteiger partial charge in [-0.1, -0.05) is 20.8 Å². The van der Waals surface area contributed by atoms with Gasteiger partial charge in [0.15, 0.2) is 11.6 Å². The normalized spacial score (nSPS) is 13.3. The van der Waals surface area contributed by atoms with Gasteiger partial charge >= 0.3 is 0 Å². The molecule has 0 radical (unpaired) electrons. The van der Waals surface area contributed by atoms with Crippen LogP contribution in [-0.4, -0.2) is 17.0 Å². The van der Waals surface area contributed by atoms with Crippen LogP contribution in [0.25, 0.3) is 0 Å². The Morgan fingerprint density at radius 2 is 2.06 bits per heavy atom. The fourth-order valence-corrected chi connectivity index (χ4v) is 1.44. The van der Waals surface area contributed by atoms with E-state index in [9.17, 15) is 4.79 Å². The van der Waals surface area contributed by atoms with Crippen molar-refractivity contribution in [3.63, 3.8) is 0 Å². The van der Waals surface area contributed by atoms with Crippen molar-refractivity contribution in [2.75, 3.05) is 0 Å². The number of aryl methyl sites for hydroxylation is 1. The number of pyridine rings is 1. The van der Waals surface area contributed by atoms with Crippen LogP contribution < -0.4 is 0 Å². The Hall–Kier alpha value is -1.51. The van der Waals surface area contributed by atoms with Gasteiger partial charge < -0.3 is 0 Å². The highest BCUT2D eigenvalue weighted by Crippen LogP contribution is 2.20. The van der Waals surface area contributed by atoms with Crippen molar-refractivity contribution in [1.82, 2.24) is 4.98 Å². The Labute approximate surface area is 103 Å². The number of nitrogens with zero attached hydrogens (tertiary/aromatic N) is 2. The highest BCUT2D eigenvalue weighted by molar-refractivity contribution is 5.99. The average molecular weight is 232 g/mol. The molecule has 92 valence electrons. The molecule has 0 spiro atoms. The molecule has 1 aromatic rings. The van der Waals surface area contributed by atoms with Crippen LogP contribution in [0, 0.1) is 18.8 Å². The summed E-state index contributed by atoms with van der Waals surface area (Å²) >= 11 is 0. The van der Waals surface area contributed by atoms with E-state index in [4.69, 9.17) is 0 Å². The van der Waals surface area contributed by atoms with E-state index in [2.05, 4.69) is 30.7 Å². The summed E-state index contributed by atoms with van der Waals surface area (Å²) in [6, 6.07) is 1.83. The third-order valence-corrected chi connectivity index (χ3v) is 2.97. The van der Waals surface area contributed by atoms with Crippen LogP contribution in [0.1, 0.15) is 43.6 Å². The molecule has 1 atom stereocenters. The van der Waals surface area contributed by atoms with E-state index in [1.165, 1.54) is 0 Å². The molecule has 0 amide bonds. The van der Waals surface area contributed by atoms with E-state index in [-0.39, 0.29) is 5.78 Å². The highest BCUT2D eigenvalue weighted by atomic mass is 16.1. The number of carbonyl (C=O) groups excluding carboxylic acids is 1. The Morgan fingerprint density at radius 1 is 1.41 bits per heavy atom. The number of Topliss-reactive ketones (excluding diaryl/α,β-unsaturated/α-hetero) is 1. The number of carbonyl (C=O) groups is 1. The average Bonchev–Trinajstić information content (AvgIpc) is 2.24. The predicted octanol–water partition coefficient (Wildman–Crippen LogP) is 3.59. The Kier molecular flexibility index (Phi) is 4.55. The van der Waals surface area contributed by atoms with Crippen molar-refractivity contribution in [3.05, 3.63) is 23.4 Å². The van der Waals surface area contributed by atoms with Gasteiger partial charge in [0.25, 0.3) is 0 Å². The van der Waals surface area contributed by atoms with Crippen LogP contribution in [0.3, 0.4) is 0 Å². The third kappa shape index (κ3) is 3.48. The van der Waals surface area contributed by atoms with Gasteiger partial charge in [0.2, 0.25) is 0 Å². The molecule has 3 heteroatoms. The first kappa shape index (κ1) is 13.6. The van der Waals surface area contributed by atoms with Gasteiger partial charge in [-0.05, 0) is 37.3 Å². The lowest BCUT2D eigenvalue weighted by Gasteiger charge is -2.09. The Balaban J connectivity index is 3.07. The summed E-state index contributed by atoms with van der Waals surface area (Å²) in [5.74, 6) is 1.45. The van der Waals surface area contributed by atoms with Crippen LogP contribution in [0.4, 0.5) is 5.82 Å². The molecule has 0 aliphatic carbocycles. The second-order valence-corrected chi connectivity index (χ2v) is 4.76. The molecule has 1 heterocycles. The standard InChI is InChI=1S/C14H20N2O/c1-9(2)11(4)8-16-14-13(12(5)17)10(3)6-7-15-14/h6-9,11H,1-5H3. The molecule has 3 nitrogen and oxygen atoms in total. The fourth-order valence-electron chi connectivity index (χ4n) is 1.44. The lowest BCUT2D eigenvalue weighted by atomic mass is 10.00. The van der Waals surface area contributed by atoms with Crippen LogP contribution in [-0.2, 0) is 0 Å². The number of hydrogen-bond donors (Lipinski definition) is 0. The van der Waals surface area contributed by atoms with Gasteiger partial charge in [0.1, 0.15) is 0 Å². The van der Waals surface area contributed by atoms with Crippen molar-refractivity contribution in [2.45, 2.75) is 34.6 Å². The summed E-state index contributed by atoms with van der Waals surface area (Å²) in [4.78, 5) is 20.1. The number of aromatic nitrogens is 1. The molecule has 0 saturated heterocycles. The highest BCUT2D eigenvalue weighted by Gasteiger charge is 2.11. The van der Waals surface area contributed by atoms with Gasteiger partial charge in [-0.25, -0.2) is 9.98 Å². The molecule has 0 bridgehead atoms. The number of ketones is 1.